The summed E-state index contributed by atoms with van der Waals surface area (Å²) in [6.07, 6.45) is 2.46. The highest BCUT2D eigenvalue weighted by Crippen LogP contribution is 2.28. The molecule has 0 spiro atoms. The number of amides is 1. The Morgan fingerprint density at radius 3 is 2.46 bits per heavy atom. The first-order valence-electron chi connectivity index (χ1n) is 14.0. The van der Waals surface area contributed by atoms with Crippen LogP contribution in [0.25, 0.3) is 11.0 Å². The van der Waals surface area contributed by atoms with Crippen molar-refractivity contribution in [3.8, 4) is 11.5 Å². The summed E-state index contributed by atoms with van der Waals surface area (Å²) in [6.45, 7) is 12.6. The van der Waals surface area contributed by atoms with Gasteiger partial charge in [0.05, 0.1) is 17.6 Å². The number of rotatable bonds is 13. The van der Waals surface area contributed by atoms with Crippen LogP contribution < -0.4 is 14.8 Å². The number of fused-ring (bicyclic) bond motifs is 1. The van der Waals surface area contributed by atoms with Gasteiger partial charge in [-0.05, 0) is 86.1 Å². The Morgan fingerprint density at radius 2 is 1.67 bits per heavy atom. The van der Waals surface area contributed by atoms with Crippen LogP contribution in [0.2, 0.25) is 0 Å². The van der Waals surface area contributed by atoms with Crippen LogP contribution in [-0.2, 0) is 17.8 Å². The summed E-state index contributed by atoms with van der Waals surface area (Å²) in [6, 6.07) is 20.7. The van der Waals surface area contributed by atoms with Crippen molar-refractivity contribution in [2.24, 2.45) is 0 Å². The van der Waals surface area contributed by atoms with Crippen molar-refractivity contribution in [2.45, 2.75) is 66.3 Å². The van der Waals surface area contributed by atoms with E-state index >= 15 is 0 Å². The zero-order valence-corrected chi connectivity index (χ0v) is 23.9. The molecular formula is C33H41N3O3. The smallest absolute Gasteiger partial charge is 0.257 e. The molecule has 0 saturated carbocycles. The fourth-order valence-corrected chi connectivity index (χ4v) is 4.75. The molecule has 4 aromatic rings. The third-order valence-corrected chi connectivity index (χ3v) is 6.91. The number of carbonyl (C=O) groups excluding carboxylic acids is 1. The Kier molecular flexibility index (Phi) is 9.64. The lowest BCUT2D eigenvalue weighted by Crippen LogP contribution is -2.30. The monoisotopic (exact) mass is 527 g/mol. The molecule has 4 rings (SSSR count). The molecule has 0 aliphatic carbocycles. The van der Waals surface area contributed by atoms with Gasteiger partial charge in [0, 0.05) is 19.5 Å². The number of hydrogen-bond acceptors (Lipinski definition) is 4. The van der Waals surface area contributed by atoms with Gasteiger partial charge >= 0.3 is 0 Å². The fraction of sp³-hybridized carbons (Fsp3) is 0.394. The summed E-state index contributed by atoms with van der Waals surface area (Å²) in [7, 11) is 0. The summed E-state index contributed by atoms with van der Waals surface area (Å²) in [5.74, 6) is 3.08. The van der Waals surface area contributed by atoms with Crippen molar-refractivity contribution in [3.63, 3.8) is 0 Å². The second kappa shape index (κ2) is 13.3. The maximum atomic E-state index is 12.3. The van der Waals surface area contributed by atoms with Crippen molar-refractivity contribution in [3.05, 3.63) is 88.7 Å². The molecule has 1 aromatic heterocycles. The first kappa shape index (κ1) is 28.2. The summed E-state index contributed by atoms with van der Waals surface area (Å²) < 4.78 is 14.3. The van der Waals surface area contributed by atoms with Crippen molar-refractivity contribution >= 4 is 16.9 Å². The molecule has 0 radical (unpaired) electrons. The average molecular weight is 528 g/mol. The van der Waals surface area contributed by atoms with E-state index in [0.29, 0.717) is 19.1 Å². The van der Waals surface area contributed by atoms with E-state index in [2.05, 4.69) is 67.1 Å². The highest BCUT2D eigenvalue weighted by atomic mass is 16.5. The zero-order chi connectivity index (χ0) is 27.8. The molecule has 0 aliphatic heterocycles. The van der Waals surface area contributed by atoms with Gasteiger partial charge in [-0.15, -0.1) is 0 Å². The molecule has 0 unspecified atom stereocenters. The van der Waals surface area contributed by atoms with Gasteiger partial charge in [-0.25, -0.2) is 4.98 Å². The van der Waals surface area contributed by atoms with Crippen LogP contribution >= 0.6 is 0 Å². The minimum atomic E-state index is -0.113. The number of benzene rings is 3. The van der Waals surface area contributed by atoms with Gasteiger partial charge in [0.2, 0.25) is 0 Å². The van der Waals surface area contributed by atoms with Gasteiger partial charge in [0.15, 0.2) is 6.61 Å². The molecule has 6 heteroatoms. The van der Waals surface area contributed by atoms with E-state index < -0.39 is 0 Å². The Hall–Kier alpha value is -3.80. The lowest BCUT2D eigenvalue weighted by atomic mass is 10.0. The Balaban J connectivity index is 1.29. The standard InChI is InChI=1S/C33H41N3O3/c1-23(2)27-16-14-25(4)21-31(27)38-19-9-18-36-29-11-7-6-10-28(29)35-32(36)12-8-17-34-33(37)22-39-30-20-24(3)13-15-26(30)5/h6-7,10-11,13-16,20-21,23H,8-9,12,17-19,22H2,1-5H3,(H,34,37). The average Bonchev–Trinajstić information content (AvgIpc) is 3.26. The molecule has 0 fully saturated rings. The molecular weight excluding hydrogens is 486 g/mol. The Morgan fingerprint density at radius 1 is 0.923 bits per heavy atom. The van der Waals surface area contributed by atoms with E-state index in [-0.39, 0.29) is 12.5 Å². The minimum Gasteiger partial charge on any atom is -0.493 e. The van der Waals surface area contributed by atoms with Crippen molar-refractivity contribution in [1.29, 1.82) is 0 Å². The van der Waals surface area contributed by atoms with Gasteiger partial charge in [-0.1, -0.05) is 50.2 Å². The van der Waals surface area contributed by atoms with Crippen molar-refractivity contribution in [1.82, 2.24) is 14.9 Å². The third-order valence-electron chi connectivity index (χ3n) is 6.91. The molecule has 206 valence electrons. The Bertz CT molecular complexity index is 1410. The second-order valence-corrected chi connectivity index (χ2v) is 10.6. The maximum Gasteiger partial charge on any atom is 0.257 e. The number of hydrogen-bond donors (Lipinski definition) is 1. The number of ether oxygens (including phenoxy) is 2. The van der Waals surface area contributed by atoms with Gasteiger partial charge in [0.1, 0.15) is 17.3 Å². The quantitative estimate of drug-likeness (QED) is 0.197. The first-order valence-corrected chi connectivity index (χ1v) is 14.0. The summed E-state index contributed by atoms with van der Waals surface area (Å²) >= 11 is 0. The number of carbonyl (C=O) groups is 1. The van der Waals surface area contributed by atoms with Gasteiger partial charge in [-0.2, -0.15) is 0 Å². The van der Waals surface area contributed by atoms with E-state index in [1.54, 1.807) is 0 Å². The molecule has 0 aliphatic rings. The molecule has 3 aromatic carbocycles. The highest BCUT2D eigenvalue weighted by molar-refractivity contribution is 5.77. The molecule has 1 N–H and O–H groups in total. The third kappa shape index (κ3) is 7.62. The number of nitrogens with zero attached hydrogens (tertiary/aromatic N) is 2. The Labute approximate surface area is 232 Å². The van der Waals surface area contributed by atoms with Crippen LogP contribution in [0.4, 0.5) is 0 Å². The van der Waals surface area contributed by atoms with Crippen molar-refractivity contribution < 1.29 is 14.3 Å². The molecule has 0 atom stereocenters. The summed E-state index contributed by atoms with van der Waals surface area (Å²) in [5.41, 5.74) is 6.73. The number of imidazole rings is 1. The normalized spacial score (nSPS) is 11.2. The highest BCUT2D eigenvalue weighted by Gasteiger charge is 2.12. The van der Waals surface area contributed by atoms with Gasteiger partial charge in [-0.3, -0.25) is 4.79 Å². The topological polar surface area (TPSA) is 65.4 Å². The lowest BCUT2D eigenvalue weighted by molar-refractivity contribution is -0.123. The van der Waals surface area contributed by atoms with Crippen LogP contribution in [0.5, 0.6) is 11.5 Å². The largest absolute Gasteiger partial charge is 0.493 e. The van der Waals surface area contributed by atoms with Crippen LogP contribution in [0.3, 0.4) is 0 Å². The van der Waals surface area contributed by atoms with E-state index in [0.717, 1.165) is 65.3 Å². The fourth-order valence-electron chi connectivity index (χ4n) is 4.75. The van der Waals surface area contributed by atoms with Crippen molar-refractivity contribution in [2.75, 3.05) is 19.8 Å². The number of aromatic nitrogens is 2. The SMILES string of the molecule is Cc1ccc(C)c(OCC(=O)NCCCc2nc3ccccc3n2CCCOc2cc(C)ccc2C(C)C)c1. The van der Waals surface area contributed by atoms with Crippen LogP contribution in [0, 0.1) is 20.8 Å². The predicted molar refractivity (Wildman–Crippen MR) is 158 cm³/mol. The van der Waals surface area contributed by atoms with Gasteiger partial charge in [0.25, 0.3) is 5.91 Å². The molecule has 39 heavy (non-hydrogen) atoms. The first-order chi connectivity index (χ1) is 18.8. The van der Waals surface area contributed by atoms with E-state index in [4.69, 9.17) is 14.5 Å². The molecule has 1 amide bonds. The van der Waals surface area contributed by atoms with E-state index in [1.165, 1.54) is 11.1 Å². The number of aryl methyl sites for hydroxylation is 5. The molecule has 1 heterocycles. The van der Waals surface area contributed by atoms with E-state index in [1.807, 2.05) is 38.1 Å². The van der Waals surface area contributed by atoms with Gasteiger partial charge < -0.3 is 19.4 Å². The van der Waals surface area contributed by atoms with E-state index in [9.17, 15) is 4.79 Å². The molecule has 6 nitrogen and oxygen atoms in total. The minimum absolute atomic E-state index is 0.0161. The van der Waals surface area contributed by atoms with Crippen LogP contribution in [-0.4, -0.2) is 35.2 Å². The summed E-state index contributed by atoms with van der Waals surface area (Å²) in [5, 5.41) is 2.98. The second-order valence-electron chi connectivity index (χ2n) is 10.6. The lowest BCUT2D eigenvalue weighted by Gasteiger charge is -2.15. The van der Waals surface area contributed by atoms with Crippen LogP contribution in [0.15, 0.2) is 60.7 Å². The van der Waals surface area contributed by atoms with Crippen LogP contribution in [0.1, 0.15) is 60.7 Å². The number of nitrogens with one attached hydrogen (secondary N) is 1. The zero-order valence-electron chi connectivity index (χ0n) is 23.9. The summed E-state index contributed by atoms with van der Waals surface area (Å²) in [4.78, 5) is 17.2. The molecule has 0 saturated heterocycles. The number of para-hydroxylation sites is 2. The molecule has 0 bridgehead atoms. The predicted octanol–water partition coefficient (Wildman–Crippen LogP) is 6.68. The maximum absolute atomic E-state index is 12.3.